The van der Waals surface area contributed by atoms with Gasteiger partial charge >= 0.3 is 12.3 Å². The second kappa shape index (κ2) is 13.1. The van der Waals surface area contributed by atoms with E-state index in [1.807, 2.05) is 44.2 Å². The number of esters is 1. The van der Waals surface area contributed by atoms with Gasteiger partial charge in [-0.05, 0) is 55.2 Å². The van der Waals surface area contributed by atoms with Crippen molar-refractivity contribution in [2.75, 3.05) is 13.7 Å². The molecule has 3 aromatic rings. The summed E-state index contributed by atoms with van der Waals surface area (Å²) in [4.78, 5) is 16.5. The number of carbonyl (C=O) groups excluding carboxylic acids is 1. The third-order valence-electron chi connectivity index (χ3n) is 5.76. The number of aromatic nitrogens is 2. The van der Waals surface area contributed by atoms with E-state index in [0.29, 0.717) is 36.3 Å². The van der Waals surface area contributed by atoms with Crippen LogP contribution in [0.3, 0.4) is 0 Å². The molecular weight excluding hydrogens is 485 g/mol. The average Bonchev–Trinajstić information content (AvgIpc) is 3.28. The van der Waals surface area contributed by atoms with Gasteiger partial charge in [0.05, 0.1) is 30.3 Å². The Kier molecular flexibility index (Phi) is 9.91. The predicted molar refractivity (Wildman–Crippen MR) is 135 cm³/mol. The largest absolute Gasteiger partial charge is 0.522 e. The number of ether oxygens (including phenoxy) is 3. The third-order valence-corrected chi connectivity index (χ3v) is 5.76. The summed E-state index contributed by atoms with van der Waals surface area (Å²) in [5.41, 5.74) is 3.99. The van der Waals surface area contributed by atoms with Crippen molar-refractivity contribution < 1.29 is 32.2 Å². The number of methoxy groups -OCH3 is 1. The molecule has 37 heavy (non-hydrogen) atoms. The molecule has 4 rings (SSSR count). The van der Waals surface area contributed by atoms with E-state index in [4.69, 9.17) is 14.5 Å². The zero-order chi connectivity index (χ0) is 26.8. The summed E-state index contributed by atoms with van der Waals surface area (Å²) < 4.78 is 53.5. The number of fused-ring (bicyclic) bond motifs is 1. The number of halogens is 3. The van der Waals surface area contributed by atoms with E-state index < -0.39 is 18.9 Å². The van der Waals surface area contributed by atoms with Crippen LogP contribution in [-0.2, 0) is 22.6 Å². The standard InChI is InChI=1S/C26H25F3N2O4.C2H6/c1-33-25(32)20-5-4-6-21(15-20)34-17-24-30-22-7-2-3-8-23(22)31(24)14-13-18-9-11-19(12-10-18)16-35-26(27,28)29;1-2/h2-9,11,15H,10,12-14,16-17H2,1H3;1-2H3. The highest BCUT2D eigenvalue weighted by molar-refractivity contribution is 5.89. The number of hydrogen-bond acceptors (Lipinski definition) is 5. The summed E-state index contributed by atoms with van der Waals surface area (Å²) in [6.07, 6.45) is 0.938. The molecule has 0 N–H and O–H groups in total. The van der Waals surface area contributed by atoms with Crippen LogP contribution in [0.4, 0.5) is 13.2 Å². The number of para-hydroxylation sites is 2. The van der Waals surface area contributed by atoms with E-state index in [0.717, 1.165) is 28.9 Å². The van der Waals surface area contributed by atoms with Crippen LogP contribution in [0.1, 0.15) is 49.3 Å². The normalized spacial score (nSPS) is 13.4. The molecule has 0 saturated heterocycles. The summed E-state index contributed by atoms with van der Waals surface area (Å²) in [5, 5.41) is 0. The van der Waals surface area contributed by atoms with Gasteiger partial charge < -0.3 is 14.0 Å². The second-order valence-electron chi connectivity index (χ2n) is 8.11. The maximum atomic E-state index is 12.3. The zero-order valence-corrected chi connectivity index (χ0v) is 21.2. The lowest BCUT2D eigenvalue weighted by molar-refractivity contribution is -0.320. The molecule has 6 nitrogen and oxygen atoms in total. The number of rotatable bonds is 9. The fourth-order valence-corrected chi connectivity index (χ4v) is 3.95. The van der Waals surface area contributed by atoms with Crippen LogP contribution in [0.25, 0.3) is 11.0 Å². The first-order valence-electron chi connectivity index (χ1n) is 12.2. The quantitative estimate of drug-likeness (QED) is 0.287. The molecule has 0 saturated carbocycles. The highest BCUT2D eigenvalue weighted by Gasteiger charge is 2.29. The van der Waals surface area contributed by atoms with Gasteiger partial charge in [0, 0.05) is 6.54 Å². The van der Waals surface area contributed by atoms with Crippen molar-refractivity contribution in [1.82, 2.24) is 9.55 Å². The van der Waals surface area contributed by atoms with Gasteiger partial charge in [-0.1, -0.05) is 49.8 Å². The van der Waals surface area contributed by atoms with Gasteiger partial charge in [0.15, 0.2) is 0 Å². The van der Waals surface area contributed by atoms with Gasteiger partial charge in [0.25, 0.3) is 0 Å². The van der Waals surface area contributed by atoms with E-state index in [1.54, 1.807) is 30.3 Å². The number of aryl methyl sites for hydroxylation is 1. The summed E-state index contributed by atoms with van der Waals surface area (Å²) in [6, 6.07) is 14.6. The van der Waals surface area contributed by atoms with Crippen LogP contribution in [0, 0.1) is 0 Å². The van der Waals surface area contributed by atoms with Gasteiger partial charge in [-0.25, -0.2) is 9.78 Å². The van der Waals surface area contributed by atoms with Crippen molar-refractivity contribution in [1.29, 1.82) is 0 Å². The van der Waals surface area contributed by atoms with Gasteiger partial charge in [-0.3, -0.25) is 4.74 Å². The fraction of sp³-hybridized carbons (Fsp3) is 0.357. The Bertz CT molecular complexity index is 1260. The topological polar surface area (TPSA) is 62.6 Å². The van der Waals surface area contributed by atoms with Crippen LogP contribution in [0.15, 0.2) is 71.8 Å². The third kappa shape index (κ3) is 7.95. The molecule has 0 radical (unpaired) electrons. The molecular formula is C28H31F3N2O4. The second-order valence-corrected chi connectivity index (χ2v) is 8.11. The first kappa shape index (κ1) is 28.0. The minimum Gasteiger partial charge on any atom is -0.486 e. The first-order valence-corrected chi connectivity index (χ1v) is 12.2. The monoisotopic (exact) mass is 516 g/mol. The molecule has 198 valence electrons. The summed E-state index contributed by atoms with van der Waals surface area (Å²) in [6.45, 7) is 4.42. The van der Waals surface area contributed by atoms with Crippen LogP contribution in [0.5, 0.6) is 5.75 Å². The van der Waals surface area contributed by atoms with Crippen LogP contribution < -0.4 is 4.74 Å². The molecule has 1 aliphatic carbocycles. The minimum absolute atomic E-state index is 0.206. The van der Waals surface area contributed by atoms with E-state index in [-0.39, 0.29) is 6.61 Å². The number of imidazole rings is 1. The Labute approximate surface area is 214 Å². The van der Waals surface area contributed by atoms with Crippen molar-refractivity contribution in [2.24, 2.45) is 0 Å². The summed E-state index contributed by atoms with van der Waals surface area (Å²) >= 11 is 0. The SMILES string of the molecule is CC.COC(=O)c1cccc(OCc2nc3ccccc3n2CCC2=CC=C(COC(F)(F)F)CC2)c1. The van der Waals surface area contributed by atoms with Gasteiger partial charge in [0.2, 0.25) is 0 Å². The lowest BCUT2D eigenvalue weighted by Gasteiger charge is -2.17. The Balaban J connectivity index is 0.00000186. The highest BCUT2D eigenvalue weighted by atomic mass is 19.4. The number of alkyl halides is 3. The molecule has 0 unspecified atom stereocenters. The molecule has 2 aromatic carbocycles. The van der Waals surface area contributed by atoms with E-state index in [9.17, 15) is 18.0 Å². The average molecular weight is 517 g/mol. The van der Waals surface area contributed by atoms with Crippen molar-refractivity contribution in [2.45, 2.75) is 52.6 Å². The van der Waals surface area contributed by atoms with Crippen LogP contribution in [-0.4, -0.2) is 35.6 Å². The summed E-state index contributed by atoms with van der Waals surface area (Å²) in [5.74, 6) is 0.826. The molecule has 1 heterocycles. The zero-order valence-electron chi connectivity index (χ0n) is 21.2. The maximum Gasteiger partial charge on any atom is 0.522 e. The fourth-order valence-electron chi connectivity index (χ4n) is 3.95. The molecule has 0 aliphatic heterocycles. The van der Waals surface area contributed by atoms with E-state index in [1.165, 1.54) is 7.11 Å². The molecule has 0 amide bonds. The van der Waals surface area contributed by atoms with Crippen molar-refractivity contribution in [3.63, 3.8) is 0 Å². The predicted octanol–water partition coefficient (Wildman–Crippen LogP) is 7.00. The highest BCUT2D eigenvalue weighted by Crippen LogP contribution is 2.26. The molecule has 0 spiro atoms. The van der Waals surface area contributed by atoms with Crippen molar-refractivity contribution in [3.05, 3.63) is 83.2 Å². The van der Waals surface area contributed by atoms with Crippen LogP contribution in [0.2, 0.25) is 0 Å². The smallest absolute Gasteiger partial charge is 0.486 e. The maximum absolute atomic E-state index is 12.3. The van der Waals surface area contributed by atoms with Gasteiger partial charge in [-0.2, -0.15) is 0 Å². The first-order chi connectivity index (χ1) is 17.8. The lowest BCUT2D eigenvalue weighted by atomic mass is 9.96. The van der Waals surface area contributed by atoms with Gasteiger partial charge in [0.1, 0.15) is 18.2 Å². The van der Waals surface area contributed by atoms with Crippen LogP contribution >= 0.6 is 0 Å². The number of allylic oxidation sites excluding steroid dienone is 3. The van der Waals surface area contributed by atoms with Gasteiger partial charge in [-0.15, -0.1) is 13.2 Å². The molecule has 9 heteroatoms. The Hall–Kier alpha value is -3.59. The Morgan fingerprint density at radius 3 is 2.43 bits per heavy atom. The van der Waals surface area contributed by atoms with E-state index in [2.05, 4.69) is 9.30 Å². The number of hydrogen-bond donors (Lipinski definition) is 0. The molecule has 0 atom stereocenters. The number of benzene rings is 2. The Morgan fingerprint density at radius 2 is 1.73 bits per heavy atom. The number of nitrogens with zero attached hydrogens (tertiary/aromatic N) is 2. The van der Waals surface area contributed by atoms with Crippen molar-refractivity contribution >= 4 is 17.0 Å². The lowest BCUT2D eigenvalue weighted by Crippen LogP contribution is -2.16. The Morgan fingerprint density at radius 1 is 1.00 bits per heavy atom. The molecule has 0 bridgehead atoms. The number of carbonyl (C=O) groups is 1. The summed E-state index contributed by atoms with van der Waals surface area (Å²) in [7, 11) is 1.33. The molecule has 0 fully saturated rings. The van der Waals surface area contributed by atoms with E-state index >= 15 is 0 Å². The molecule has 1 aliphatic rings. The minimum atomic E-state index is -4.62. The molecule has 1 aromatic heterocycles. The van der Waals surface area contributed by atoms with Crippen molar-refractivity contribution in [3.8, 4) is 5.75 Å².